The Hall–Kier alpha value is -1.64. The molecule has 0 fully saturated rings. The molecule has 0 atom stereocenters. The van der Waals surface area contributed by atoms with Crippen molar-refractivity contribution in [2.45, 2.75) is 6.18 Å². The lowest BCUT2D eigenvalue weighted by molar-refractivity contribution is -0.388. The lowest BCUT2D eigenvalue weighted by Gasteiger charge is -2.09. The summed E-state index contributed by atoms with van der Waals surface area (Å²) in [5.41, 5.74) is -4.09. The van der Waals surface area contributed by atoms with Gasteiger partial charge in [-0.3, -0.25) is 10.1 Å². The van der Waals surface area contributed by atoms with Crippen molar-refractivity contribution in [3.8, 4) is 0 Å². The van der Waals surface area contributed by atoms with E-state index in [1.807, 2.05) is 0 Å². The topological polar surface area (TPSA) is 80.4 Å². The summed E-state index contributed by atoms with van der Waals surface area (Å²) in [5, 5.41) is 19.3. The van der Waals surface area contributed by atoms with Crippen molar-refractivity contribution < 1.29 is 28.0 Å². The summed E-state index contributed by atoms with van der Waals surface area (Å²) in [4.78, 5) is 19.9. The average molecular weight is 314 g/mol. The van der Waals surface area contributed by atoms with Crippen molar-refractivity contribution in [1.82, 2.24) is 0 Å². The highest BCUT2D eigenvalue weighted by Gasteiger charge is 2.41. The van der Waals surface area contributed by atoms with Gasteiger partial charge in [0.2, 0.25) is 0 Å². The van der Waals surface area contributed by atoms with Crippen LogP contribution in [0.25, 0.3) is 0 Å². The predicted molar refractivity (Wildman–Crippen MR) is 52.8 cm³/mol. The molecule has 0 aliphatic carbocycles. The number of benzene rings is 1. The molecule has 1 aromatic carbocycles. The van der Waals surface area contributed by atoms with Crippen LogP contribution >= 0.6 is 15.9 Å². The minimum absolute atomic E-state index is 0.287. The van der Waals surface area contributed by atoms with E-state index in [9.17, 15) is 28.1 Å². The Labute approximate surface area is 100 Å². The maximum absolute atomic E-state index is 12.5. The number of aromatic carboxylic acids is 1. The first-order chi connectivity index (χ1) is 7.66. The molecule has 0 aliphatic rings. The molecule has 1 rings (SSSR count). The van der Waals surface area contributed by atoms with Gasteiger partial charge in [-0.15, -0.1) is 0 Å². The fraction of sp³-hybridized carbons (Fsp3) is 0.125. The lowest BCUT2D eigenvalue weighted by Crippen LogP contribution is -2.13. The third-order valence-electron chi connectivity index (χ3n) is 1.83. The number of alkyl halides is 3. The molecule has 0 spiro atoms. The molecule has 92 valence electrons. The van der Waals surface area contributed by atoms with Crippen LogP contribution in [-0.4, -0.2) is 16.0 Å². The Morgan fingerprint density at radius 2 is 1.94 bits per heavy atom. The van der Waals surface area contributed by atoms with Gasteiger partial charge < -0.3 is 5.11 Å². The second kappa shape index (κ2) is 4.32. The molecule has 0 saturated heterocycles. The van der Waals surface area contributed by atoms with E-state index in [0.29, 0.717) is 6.07 Å². The van der Waals surface area contributed by atoms with Gasteiger partial charge in [0.25, 0.3) is 5.69 Å². The van der Waals surface area contributed by atoms with Gasteiger partial charge in [0.1, 0.15) is 5.56 Å². The van der Waals surface area contributed by atoms with Crippen molar-refractivity contribution in [2.75, 3.05) is 0 Å². The molecule has 17 heavy (non-hydrogen) atoms. The summed E-state index contributed by atoms with van der Waals surface area (Å²) in [7, 11) is 0. The van der Waals surface area contributed by atoms with E-state index in [1.54, 1.807) is 0 Å². The molecule has 0 aromatic heterocycles. The first-order valence-corrected chi connectivity index (χ1v) is 4.73. The molecule has 0 bridgehead atoms. The zero-order valence-electron chi connectivity index (χ0n) is 7.79. The van der Waals surface area contributed by atoms with E-state index in [2.05, 4.69) is 15.9 Å². The van der Waals surface area contributed by atoms with Crippen molar-refractivity contribution >= 4 is 27.6 Å². The van der Waals surface area contributed by atoms with Crippen LogP contribution in [0.5, 0.6) is 0 Å². The van der Waals surface area contributed by atoms with Crippen LogP contribution in [-0.2, 0) is 6.18 Å². The molecule has 0 radical (unpaired) electrons. The number of carboxylic acids is 1. The largest absolute Gasteiger partial charge is 0.477 e. The first-order valence-electron chi connectivity index (χ1n) is 3.93. The zero-order valence-corrected chi connectivity index (χ0v) is 9.37. The summed E-state index contributed by atoms with van der Waals surface area (Å²) in [5.74, 6) is -1.81. The van der Waals surface area contributed by atoms with Crippen LogP contribution in [0, 0.1) is 10.1 Å². The molecule has 0 heterocycles. The highest BCUT2D eigenvalue weighted by molar-refractivity contribution is 9.10. The number of nitro groups is 1. The molecule has 1 N–H and O–H groups in total. The van der Waals surface area contributed by atoms with Crippen molar-refractivity contribution in [3.63, 3.8) is 0 Å². The van der Waals surface area contributed by atoms with Crippen LogP contribution in [0.15, 0.2) is 16.6 Å². The quantitative estimate of drug-likeness (QED) is 0.672. The van der Waals surface area contributed by atoms with Gasteiger partial charge >= 0.3 is 12.1 Å². The molecule has 9 heteroatoms. The molecule has 0 saturated carbocycles. The van der Waals surface area contributed by atoms with Gasteiger partial charge in [0.15, 0.2) is 5.56 Å². The smallest absolute Gasteiger partial charge is 0.423 e. The van der Waals surface area contributed by atoms with Crippen LogP contribution in [0.4, 0.5) is 18.9 Å². The third-order valence-corrected chi connectivity index (χ3v) is 2.49. The number of hydrogen-bond donors (Lipinski definition) is 1. The van der Waals surface area contributed by atoms with Crippen LogP contribution < -0.4 is 0 Å². The number of carbonyl (C=O) groups is 1. The van der Waals surface area contributed by atoms with Crippen LogP contribution in [0.1, 0.15) is 15.9 Å². The van der Waals surface area contributed by atoms with E-state index in [-0.39, 0.29) is 4.47 Å². The highest BCUT2D eigenvalue weighted by atomic mass is 79.9. The molecule has 0 amide bonds. The summed E-state index contributed by atoms with van der Waals surface area (Å²) in [6.07, 6.45) is -4.99. The maximum Gasteiger partial charge on any atom is 0.423 e. The predicted octanol–water partition coefficient (Wildman–Crippen LogP) is 3.07. The Bertz CT molecular complexity index is 500. The van der Waals surface area contributed by atoms with Gasteiger partial charge in [-0.1, -0.05) is 0 Å². The lowest BCUT2D eigenvalue weighted by atomic mass is 10.1. The Morgan fingerprint density at radius 1 is 1.41 bits per heavy atom. The highest BCUT2D eigenvalue weighted by Crippen LogP contribution is 2.40. The van der Waals surface area contributed by atoms with E-state index in [1.165, 1.54) is 0 Å². The minimum atomic E-state index is -4.99. The Balaban J connectivity index is 3.72. The van der Waals surface area contributed by atoms with Gasteiger partial charge in [-0.05, 0) is 28.1 Å². The molecule has 0 unspecified atom stereocenters. The standard InChI is InChI=1S/C8H3BrF3NO4/c9-4-2-1-3(8(10,11)12)6(13(16)17)5(4)7(14)15/h1-2H,(H,14,15). The number of carboxylic acid groups (broad SMARTS) is 1. The van der Waals surface area contributed by atoms with Crippen molar-refractivity contribution in [3.05, 3.63) is 37.8 Å². The summed E-state index contributed by atoms with van der Waals surface area (Å²) >= 11 is 2.66. The molecular formula is C8H3BrF3NO4. The van der Waals surface area contributed by atoms with Crippen molar-refractivity contribution in [2.24, 2.45) is 0 Å². The second-order valence-corrected chi connectivity index (χ2v) is 3.73. The zero-order chi connectivity index (χ0) is 13.4. The Morgan fingerprint density at radius 3 is 2.29 bits per heavy atom. The van der Waals surface area contributed by atoms with Gasteiger partial charge in [0, 0.05) is 4.47 Å². The summed E-state index contributed by atoms with van der Waals surface area (Å²) in [6, 6.07) is 1.26. The van der Waals surface area contributed by atoms with E-state index in [0.717, 1.165) is 6.07 Å². The second-order valence-electron chi connectivity index (χ2n) is 2.88. The molecule has 0 aliphatic heterocycles. The number of halogens is 4. The third kappa shape index (κ3) is 2.54. The van der Waals surface area contributed by atoms with E-state index < -0.39 is 33.9 Å². The SMILES string of the molecule is O=C(O)c1c(Br)ccc(C(F)(F)F)c1[N+](=O)[O-]. The average Bonchev–Trinajstić information content (AvgIpc) is 2.14. The minimum Gasteiger partial charge on any atom is -0.477 e. The van der Waals surface area contributed by atoms with Gasteiger partial charge in [-0.2, -0.15) is 13.2 Å². The maximum atomic E-state index is 12.5. The molecule has 1 aromatic rings. The van der Waals surface area contributed by atoms with Crippen LogP contribution in [0.3, 0.4) is 0 Å². The fourth-order valence-corrected chi connectivity index (χ4v) is 1.68. The van der Waals surface area contributed by atoms with Crippen molar-refractivity contribution in [1.29, 1.82) is 0 Å². The van der Waals surface area contributed by atoms with Gasteiger partial charge in [0.05, 0.1) is 4.92 Å². The number of hydrogen-bond acceptors (Lipinski definition) is 3. The van der Waals surface area contributed by atoms with Crippen LogP contribution in [0.2, 0.25) is 0 Å². The summed E-state index contributed by atoms with van der Waals surface area (Å²) < 4.78 is 37.1. The molecular weight excluding hydrogens is 311 g/mol. The fourth-order valence-electron chi connectivity index (χ4n) is 1.19. The number of nitro benzene ring substituents is 1. The van der Waals surface area contributed by atoms with E-state index in [4.69, 9.17) is 5.11 Å². The summed E-state index contributed by atoms with van der Waals surface area (Å²) in [6.45, 7) is 0. The molecule has 5 nitrogen and oxygen atoms in total. The number of rotatable bonds is 2. The first kappa shape index (κ1) is 13.4. The Kier molecular flexibility index (Phi) is 3.41. The van der Waals surface area contributed by atoms with E-state index >= 15 is 0 Å². The van der Waals surface area contributed by atoms with Gasteiger partial charge in [-0.25, -0.2) is 4.79 Å². The normalized spacial score (nSPS) is 11.3. The monoisotopic (exact) mass is 313 g/mol. The number of nitrogens with zero attached hydrogens (tertiary/aromatic N) is 1.